The lowest BCUT2D eigenvalue weighted by Crippen LogP contribution is -2.48. The molecule has 1 saturated carbocycles. The quantitative estimate of drug-likeness (QED) is 0.778. The summed E-state index contributed by atoms with van der Waals surface area (Å²) in [5.41, 5.74) is 2.84. The first-order valence-corrected chi connectivity index (χ1v) is 6.74. The van der Waals surface area contributed by atoms with E-state index in [1.807, 2.05) is 0 Å². The van der Waals surface area contributed by atoms with E-state index < -0.39 is 0 Å². The van der Waals surface area contributed by atoms with Crippen LogP contribution >= 0.6 is 0 Å². The number of allylic oxidation sites excluding steroid dienone is 1. The van der Waals surface area contributed by atoms with Crippen LogP contribution in [0.3, 0.4) is 0 Å². The molecule has 0 spiro atoms. The fourth-order valence-corrected chi connectivity index (χ4v) is 3.39. The van der Waals surface area contributed by atoms with Crippen LogP contribution in [0.4, 0.5) is 0 Å². The third-order valence-corrected chi connectivity index (χ3v) is 4.48. The Morgan fingerprint density at radius 2 is 2.12 bits per heavy atom. The van der Waals surface area contributed by atoms with E-state index in [0.29, 0.717) is 12.1 Å². The fraction of sp³-hybridized carbons (Fsp3) is 0.500. The molecule has 4 atom stereocenters. The van der Waals surface area contributed by atoms with Crippen LogP contribution in [-0.2, 0) is 0 Å². The standard InChI is InChI=1S/C16H21N/c1-11-6-3-4-8-14(11)12(2)17-16-10-13-7-5-9-15(13)16/h3-6,8-9,12-13,15-17H,7,10H2,1-2H3. The molecule has 0 radical (unpaired) electrons. The molecule has 0 amide bonds. The molecule has 0 heterocycles. The van der Waals surface area contributed by atoms with E-state index in [0.717, 1.165) is 11.8 Å². The number of hydrogen-bond donors (Lipinski definition) is 1. The molecule has 1 N–H and O–H groups in total. The Balaban J connectivity index is 1.66. The molecule has 17 heavy (non-hydrogen) atoms. The monoisotopic (exact) mass is 227 g/mol. The largest absolute Gasteiger partial charge is 0.307 e. The van der Waals surface area contributed by atoms with Gasteiger partial charge in [-0.2, -0.15) is 0 Å². The lowest BCUT2D eigenvalue weighted by Gasteiger charge is -2.42. The third kappa shape index (κ3) is 1.93. The molecule has 90 valence electrons. The Hall–Kier alpha value is -1.08. The zero-order valence-electron chi connectivity index (χ0n) is 10.7. The molecule has 0 bridgehead atoms. The van der Waals surface area contributed by atoms with Gasteiger partial charge in [0.05, 0.1) is 0 Å². The Morgan fingerprint density at radius 1 is 1.29 bits per heavy atom. The van der Waals surface area contributed by atoms with Crippen molar-refractivity contribution in [2.75, 3.05) is 0 Å². The molecule has 4 unspecified atom stereocenters. The van der Waals surface area contributed by atoms with Crippen LogP contribution in [0.15, 0.2) is 36.4 Å². The zero-order chi connectivity index (χ0) is 11.8. The molecule has 1 aromatic carbocycles. The highest BCUT2D eigenvalue weighted by Crippen LogP contribution is 2.43. The number of aryl methyl sites for hydroxylation is 1. The summed E-state index contributed by atoms with van der Waals surface area (Å²) in [5.74, 6) is 1.75. The molecule has 2 aliphatic carbocycles. The van der Waals surface area contributed by atoms with Crippen molar-refractivity contribution in [2.45, 2.75) is 38.8 Å². The van der Waals surface area contributed by atoms with Crippen LogP contribution in [-0.4, -0.2) is 6.04 Å². The predicted molar refractivity (Wildman–Crippen MR) is 71.9 cm³/mol. The van der Waals surface area contributed by atoms with Crippen molar-refractivity contribution in [1.82, 2.24) is 5.32 Å². The molecular weight excluding hydrogens is 206 g/mol. The number of hydrogen-bond acceptors (Lipinski definition) is 1. The Morgan fingerprint density at radius 3 is 2.88 bits per heavy atom. The fourth-order valence-electron chi connectivity index (χ4n) is 3.39. The van der Waals surface area contributed by atoms with Crippen LogP contribution in [0.25, 0.3) is 0 Å². The average molecular weight is 227 g/mol. The van der Waals surface area contributed by atoms with Gasteiger partial charge in [-0.3, -0.25) is 0 Å². The van der Waals surface area contributed by atoms with Gasteiger partial charge >= 0.3 is 0 Å². The second-order valence-corrected chi connectivity index (χ2v) is 5.59. The molecule has 1 heteroatoms. The van der Waals surface area contributed by atoms with Gasteiger partial charge in [-0.1, -0.05) is 36.4 Å². The number of nitrogens with one attached hydrogen (secondary N) is 1. The van der Waals surface area contributed by atoms with Crippen LogP contribution in [0, 0.1) is 18.8 Å². The first kappa shape index (κ1) is 11.0. The predicted octanol–water partition coefficient (Wildman–Crippen LogP) is 3.61. The first-order chi connectivity index (χ1) is 8.25. The summed E-state index contributed by atoms with van der Waals surface area (Å²) in [4.78, 5) is 0. The highest BCUT2D eigenvalue weighted by Gasteiger charge is 2.41. The number of benzene rings is 1. The van der Waals surface area contributed by atoms with E-state index in [9.17, 15) is 0 Å². The van der Waals surface area contributed by atoms with E-state index in [1.165, 1.54) is 24.0 Å². The third-order valence-electron chi connectivity index (χ3n) is 4.48. The van der Waals surface area contributed by atoms with Gasteiger partial charge in [0.1, 0.15) is 0 Å². The lowest BCUT2D eigenvalue weighted by molar-refractivity contribution is 0.152. The molecule has 0 aromatic heterocycles. The normalized spacial score (nSPS) is 32.0. The van der Waals surface area contributed by atoms with E-state index in [2.05, 4.69) is 55.6 Å². The summed E-state index contributed by atoms with van der Waals surface area (Å²) in [5, 5.41) is 3.79. The molecule has 0 saturated heterocycles. The second kappa shape index (κ2) is 4.30. The summed E-state index contributed by atoms with van der Waals surface area (Å²) in [6, 6.07) is 9.87. The van der Waals surface area contributed by atoms with Gasteiger partial charge in [-0.25, -0.2) is 0 Å². The smallest absolute Gasteiger partial charge is 0.0297 e. The maximum atomic E-state index is 3.79. The Kier molecular flexibility index (Phi) is 2.79. The first-order valence-electron chi connectivity index (χ1n) is 6.74. The van der Waals surface area contributed by atoms with Gasteiger partial charge in [0.25, 0.3) is 0 Å². The van der Waals surface area contributed by atoms with Crippen molar-refractivity contribution in [3.63, 3.8) is 0 Å². The van der Waals surface area contributed by atoms with Gasteiger partial charge in [0.15, 0.2) is 0 Å². The van der Waals surface area contributed by atoms with E-state index in [1.54, 1.807) is 0 Å². The topological polar surface area (TPSA) is 12.0 Å². The minimum Gasteiger partial charge on any atom is -0.307 e. The van der Waals surface area contributed by atoms with E-state index in [4.69, 9.17) is 0 Å². The maximum Gasteiger partial charge on any atom is 0.0297 e. The van der Waals surface area contributed by atoms with Crippen molar-refractivity contribution < 1.29 is 0 Å². The van der Waals surface area contributed by atoms with Crippen LogP contribution in [0.5, 0.6) is 0 Å². The summed E-state index contributed by atoms with van der Waals surface area (Å²) >= 11 is 0. The highest BCUT2D eigenvalue weighted by atomic mass is 15.0. The van der Waals surface area contributed by atoms with Crippen LogP contribution in [0.1, 0.15) is 36.9 Å². The van der Waals surface area contributed by atoms with Gasteiger partial charge in [0.2, 0.25) is 0 Å². The van der Waals surface area contributed by atoms with Gasteiger partial charge in [-0.05, 0) is 49.7 Å². The molecule has 1 nitrogen and oxygen atoms in total. The minimum absolute atomic E-state index is 0.469. The van der Waals surface area contributed by atoms with Gasteiger partial charge in [-0.15, -0.1) is 0 Å². The van der Waals surface area contributed by atoms with E-state index in [-0.39, 0.29) is 0 Å². The van der Waals surface area contributed by atoms with Gasteiger partial charge < -0.3 is 5.32 Å². The Bertz CT molecular complexity index is 435. The zero-order valence-corrected chi connectivity index (χ0v) is 10.7. The molecule has 2 aliphatic rings. The number of rotatable bonds is 3. The van der Waals surface area contributed by atoms with Crippen LogP contribution < -0.4 is 5.32 Å². The summed E-state index contributed by atoms with van der Waals surface area (Å²) in [6.45, 7) is 4.49. The Labute approximate surface area is 104 Å². The number of fused-ring (bicyclic) bond motifs is 1. The molecule has 1 aromatic rings. The average Bonchev–Trinajstić information content (AvgIpc) is 2.68. The molecule has 1 fully saturated rings. The summed E-state index contributed by atoms with van der Waals surface area (Å²) in [6.07, 6.45) is 7.43. The highest BCUT2D eigenvalue weighted by molar-refractivity contribution is 5.28. The van der Waals surface area contributed by atoms with Gasteiger partial charge in [0, 0.05) is 12.1 Å². The summed E-state index contributed by atoms with van der Waals surface area (Å²) < 4.78 is 0. The maximum absolute atomic E-state index is 3.79. The lowest BCUT2D eigenvalue weighted by atomic mass is 9.71. The molecule has 3 rings (SSSR count). The molecular formula is C16H21N. The van der Waals surface area contributed by atoms with Crippen molar-refractivity contribution >= 4 is 0 Å². The van der Waals surface area contributed by atoms with Crippen LogP contribution in [0.2, 0.25) is 0 Å². The SMILES string of the molecule is Cc1ccccc1C(C)NC1CC2CC=CC21. The second-order valence-electron chi connectivity index (χ2n) is 5.59. The van der Waals surface area contributed by atoms with Crippen molar-refractivity contribution in [2.24, 2.45) is 11.8 Å². The van der Waals surface area contributed by atoms with Crippen molar-refractivity contribution in [1.29, 1.82) is 0 Å². The van der Waals surface area contributed by atoms with E-state index >= 15 is 0 Å². The minimum atomic E-state index is 0.469. The summed E-state index contributed by atoms with van der Waals surface area (Å²) in [7, 11) is 0. The van der Waals surface area contributed by atoms with Crippen molar-refractivity contribution in [3.05, 3.63) is 47.5 Å². The molecule has 0 aliphatic heterocycles. The van der Waals surface area contributed by atoms with Crippen molar-refractivity contribution in [3.8, 4) is 0 Å².